The van der Waals surface area contributed by atoms with Crippen LogP contribution in [0.1, 0.15) is 19.8 Å². The van der Waals surface area contributed by atoms with Crippen molar-refractivity contribution < 1.29 is 4.79 Å². The highest BCUT2D eigenvalue weighted by molar-refractivity contribution is 8.06. The average Bonchev–Trinajstić information content (AvgIpc) is 2.28. The summed E-state index contributed by atoms with van der Waals surface area (Å²) in [6.07, 6.45) is 2.18. The van der Waals surface area contributed by atoms with E-state index < -0.39 is 0 Å². The van der Waals surface area contributed by atoms with Crippen LogP contribution in [0.15, 0.2) is 0 Å². The molecule has 0 aromatic heterocycles. The lowest BCUT2D eigenvalue weighted by Gasteiger charge is -2.21. The van der Waals surface area contributed by atoms with E-state index >= 15 is 0 Å². The molecule has 88 valence electrons. The Morgan fingerprint density at radius 3 is 2.93 bits per heavy atom. The topological polar surface area (TPSA) is 41.1 Å². The molecular weight excluding hydrogens is 228 g/mol. The first kappa shape index (κ1) is 13.0. The molecule has 1 fully saturated rings. The number of urea groups is 1. The van der Waals surface area contributed by atoms with Crippen LogP contribution in [0.25, 0.3) is 0 Å². The summed E-state index contributed by atoms with van der Waals surface area (Å²) in [5, 5.41) is 6.38. The summed E-state index contributed by atoms with van der Waals surface area (Å²) in [5.74, 6) is 3.64. The van der Waals surface area contributed by atoms with Gasteiger partial charge in [0.2, 0.25) is 0 Å². The van der Waals surface area contributed by atoms with E-state index in [9.17, 15) is 4.79 Å². The second-order valence-corrected chi connectivity index (χ2v) is 6.12. The molecule has 1 aliphatic heterocycles. The number of rotatable bonds is 5. The van der Waals surface area contributed by atoms with E-state index in [1.165, 1.54) is 17.3 Å². The molecule has 3 nitrogen and oxygen atoms in total. The maximum atomic E-state index is 11.3. The fourth-order valence-corrected chi connectivity index (χ4v) is 3.91. The molecule has 1 heterocycles. The summed E-state index contributed by atoms with van der Waals surface area (Å²) < 4.78 is 0. The molecule has 2 amide bonds. The van der Waals surface area contributed by atoms with E-state index in [1.54, 1.807) is 0 Å². The van der Waals surface area contributed by atoms with Gasteiger partial charge in [-0.05, 0) is 6.42 Å². The van der Waals surface area contributed by atoms with Gasteiger partial charge >= 0.3 is 6.03 Å². The molecule has 1 aliphatic rings. The van der Waals surface area contributed by atoms with Gasteiger partial charge in [-0.3, -0.25) is 0 Å². The van der Waals surface area contributed by atoms with E-state index in [0.29, 0.717) is 5.25 Å². The van der Waals surface area contributed by atoms with E-state index in [0.717, 1.165) is 25.9 Å². The van der Waals surface area contributed by atoms with Crippen molar-refractivity contribution in [2.24, 2.45) is 0 Å². The largest absolute Gasteiger partial charge is 0.338 e. The first-order valence-corrected chi connectivity index (χ1v) is 7.74. The summed E-state index contributed by atoms with van der Waals surface area (Å²) in [5.41, 5.74) is 0. The van der Waals surface area contributed by atoms with E-state index in [2.05, 4.69) is 17.6 Å². The summed E-state index contributed by atoms with van der Waals surface area (Å²) in [6.45, 7) is 3.71. The first-order chi connectivity index (χ1) is 7.33. The average molecular weight is 248 g/mol. The highest BCUT2D eigenvalue weighted by atomic mass is 32.2. The van der Waals surface area contributed by atoms with Crippen molar-refractivity contribution in [3.63, 3.8) is 0 Å². The molecule has 0 aromatic carbocycles. The molecule has 2 N–H and O–H groups in total. The van der Waals surface area contributed by atoms with Crippen molar-refractivity contribution in [2.75, 3.05) is 30.3 Å². The van der Waals surface area contributed by atoms with Gasteiger partial charge in [-0.25, -0.2) is 4.79 Å². The van der Waals surface area contributed by atoms with Crippen molar-refractivity contribution in [2.45, 2.75) is 25.0 Å². The van der Waals surface area contributed by atoms with Crippen LogP contribution in [0.4, 0.5) is 4.79 Å². The Hall–Kier alpha value is -0.0300. The fourth-order valence-electron chi connectivity index (χ4n) is 1.30. The smallest absolute Gasteiger partial charge is 0.314 e. The SMILES string of the molecule is CCCCNC(=O)NC[C@@H]1CSCCS1. The summed E-state index contributed by atoms with van der Waals surface area (Å²) in [4.78, 5) is 11.3. The molecule has 0 aliphatic carbocycles. The monoisotopic (exact) mass is 248 g/mol. The van der Waals surface area contributed by atoms with E-state index in [1.807, 2.05) is 23.5 Å². The van der Waals surface area contributed by atoms with Gasteiger partial charge in [0.25, 0.3) is 0 Å². The fraction of sp³-hybridized carbons (Fsp3) is 0.900. The summed E-state index contributed by atoms with van der Waals surface area (Å²) >= 11 is 3.95. The van der Waals surface area contributed by atoms with Crippen LogP contribution in [0.3, 0.4) is 0 Å². The first-order valence-electron chi connectivity index (χ1n) is 5.54. The van der Waals surface area contributed by atoms with Gasteiger partial charge in [-0.1, -0.05) is 13.3 Å². The van der Waals surface area contributed by atoms with Crippen LogP contribution in [-0.2, 0) is 0 Å². The van der Waals surface area contributed by atoms with E-state index in [-0.39, 0.29) is 6.03 Å². The van der Waals surface area contributed by atoms with Gasteiger partial charge in [-0.15, -0.1) is 0 Å². The summed E-state index contributed by atoms with van der Waals surface area (Å²) in [6, 6.07) is -0.0142. The third-order valence-electron chi connectivity index (χ3n) is 2.19. The Bertz CT molecular complexity index is 184. The number of hydrogen-bond donors (Lipinski definition) is 2. The Balaban J connectivity index is 2.00. The Kier molecular flexibility index (Phi) is 7.09. The molecule has 1 saturated heterocycles. The predicted octanol–water partition coefficient (Wildman–Crippen LogP) is 1.93. The van der Waals surface area contributed by atoms with Gasteiger partial charge in [0, 0.05) is 35.6 Å². The highest BCUT2D eigenvalue weighted by Crippen LogP contribution is 2.23. The van der Waals surface area contributed by atoms with Crippen LogP contribution < -0.4 is 10.6 Å². The minimum Gasteiger partial charge on any atom is -0.338 e. The van der Waals surface area contributed by atoms with Crippen molar-refractivity contribution >= 4 is 29.6 Å². The van der Waals surface area contributed by atoms with Gasteiger partial charge < -0.3 is 10.6 Å². The van der Waals surface area contributed by atoms with Crippen LogP contribution in [0.5, 0.6) is 0 Å². The maximum Gasteiger partial charge on any atom is 0.314 e. The van der Waals surface area contributed by atoms with Crippen molar-refractivity contribution in [3.8, 4) is 0 Å². The van der Waals surface area contributed by atoms with Crippen LogP contribution in [-0.4, -0.2) is 41.6 Å². The number of thioether (sulfide) groups is 2. The van der Waals surface area contributed by atoms with E-state index in [4.69, 9.17) is 0 Å². The van der Waals surface area contributed by atoms with Crippen LogP contribution in [0.2, 0.25) is 0 Å². The molecular formula is C10H20N2OS2. The van der Waals surface area contributed by atoms with Gasteiger partial charge in [0.1, 0.15) is 0 Å². The normalized spacial score (nSPS) is 21.0. The molecule has 1 rings (SSSR count). The number of amides is 2. The predicted molar refractivity (Wildman–Crippen MR) is 69.9 cm³/mol. The second kappa shape index (κ2) is 8.16. The zero-order valence-corrected chi connectivity index (χ0v) is 10.9. The number of nitrogens with one attached hydrogen (secondary N) is 2. The quantitative estimate of drug-likeness (QED) is 0.731. The van der Waals surface area contributed by atoms with Crippen LogP contribution in [0, 0.1) is 0 Å². The summed E-state index contributed by atoms with van der Waals surface area (Å²) in [7, 11) is 0. The third kappa shape index (κ3) is 6.20. The molecule has 0 bridgehead atoms. The molecule has 0 spiro atoms. The second-order valence-electron chi connectivity index (χ2n) is 3.56. The van der Waals surface area contributed by atoms with Crippen molar-refractivity contribution in [1.82, 2.24) is 10.6 Å². The van der Waals surface area contributed by atoms with Gasteiger partial charge in [-0.2, -0.15) is 23.5 Å². The molecule has 5 heteroatoms. The number of unbranched alkanes of at least 4 members (excludes halogenated alkanes) is 1. The Morgan fingerprint density at radius 1 is 1.40 bits per heavy atom. The molecule has 0 radical (unpaired) electrons. The lowest BCUT2D eigenvalue weighted by Crippen LogP contribution is -2.40. The molecule has 1 atom stereocenters. The minimum atomic E-state index is -0.0142. The third-order valence-corrected chi connectivity index (χ3v) is 5.04. The lowest BCUT2D eigenvalue weighted by atomic mass is 10.3. The molecule has 0 saturated carbocycles. The number of carbonyl (C=O) groups excluding carboxylic acids is 1. The van der Waals surface area contributed by atoms with Crippen molar-refractivity contribution in [1.29, 1.82) is 0 Å². The zero-order chi connectivity index (χ0) is 10.9. The maximum absolute atomic E-state index is 11.3. The minimum absolute atomic E-state index is 0.0142. The van der Waals surface area contributed by atoms with Crippen LogP contribution >= 0.6 is 23.5 Å². The molecule has 15 heavy (non-hydrogen) atoms. The Morgan fingerprint density at radius 2 is 2.27 bits per heavy atom. The number of carbonyl (C=O) groups is 1. The standard InChI is InChI=1S/C10H20N2OS2/c1-2-3-4-11-10(13)12-7-9-8-14-5-6-15-9/h9H,2-8H2,1H3,(H2,11,12,13)/t9-/m1/s1. The lowest BCUT2D eigenvalue weighted by molar-refractivity contribution is 0.241. The van der Waals surface area contributed by atoms with Gasteiger partial charge in [0.05, 0.1) is 0 Å². The number of hydrogen-bond acceptors (Lipinski definition) is 3. The highest BCUT2D eigenvalue weighted by Gasteiger charge is 2.14. The molecule has 0 aromatic rings. The van der Waals surface area contributed by atoms with Crippen molar-refractivity contribution in [3.05, 3.63) is 0 Å². The Labute approximate surface area is 101 Å². The molecule has 0 unspecified atom stereocenters. The van der Waals surface area contributed by atoms with Gasteiger partial charge in [0.15, 0.2) is 0 Å². The zero-order valence-electron chi connectivity index (χ0n) is 9.25.